The van der Waals surface area contributed by atoms with Crippen LogP contribution in [0.4, 0.5) is 4.39 Å². The molecule has 0 aromatic heterocycles. The Hall–Kier alpha value is -1.22. The number of piperidine rings is 1. The molecule has 1 aromatic rings. The molecular formula is C13H16FNO. The molecule has 0 bridgehead atoms. The first kappa shape index (κ1) is 11.3. The van der Waals surface area contributed by atoms with E-state index in [-0.39, 0.29) is 11.7 Å². The summed E-state index contributed by atoms with van der Waals surface area (Å²) in [4.78, 5) is 13.9. The van der Waals surface area contributed by atoms with Gasteiger partial charge in [0.25, 0.3) is 0 Å². The highest BCUT2D eigenvalue weighted by molar-refractivity contribution is 5.82. The van der Waals surface area contributed by atoms with Gasteiger partial charge in [-0.2, -0.15) is 0 Å². The van der Waals surface area contributed by atoms with Gasteiger partial charge in [-0.05, 0) is 31.2 Å². The van der Waals surface area contributed by atoms with Crippen molar-refractivity contribution in [3.8, 4) is 0 Å². The Kier molecular flexibility index (Phi) is 3.34. The zero-order valence-corrected chi connectivity index (χ0v) is 9.45. The van der Waals surface area contributed by atoms with E-state index in [1.54, 1.807) is 6.07 Å². The zero-order valence-electron chi connectivity index (χ0n) is 9.45. The molecule has 0 aliphatic carbocycles. The number of likely N-dealkylation sites (tertiary alicyclic amines) is 1. The molecule has 0 radical (unpaired) electrons. The molecule has 0 amide bonds. The summed E-state index contributed by atoms with van der Waals surface area (Å²) in [6, 6.07) is 6.52. The van der Waals surface area contributed by atoms with Gasteiger partial charge in [0.2, 0.25) is 0 Å². The van der Waals surface area contributed by atoms with Crippen LogP contribution in [-0.4, -0.2) is 30.8 Å². The van der Waals surface area contributed by atoms with Crippen LogP contribution in [0.5, 0.6) is 0 Å². The predicted octanol–water partition coefficient (Wildman–Crippen LogP) is 1.89. The van der Waals surface area contributed by atoms with Crippen molar-refractivity contribution in [2.75, 3.05) is 20.1 Å². The summed E-state index contributed by atoms with van der Waals surface area (Å²) in [5, 5.41) is 0. The second-order valence-corrected chi connectivity index (χ2v) is 4.51. The van der Waals surface area contributed by atoms with Crippen molar-refractivity contribution in [1.82, 2.24) is 4.90 Å². The fourth-order valence-corrected chi connectivity index (χ4v) is 2.20. The van der Waals surface area contributed by atoms with Gasteiger partial charge in [-0.25, -0.2) is 4.39 Å². The Morgan fingerprint density at radius 2 is 2.31 bits per heavy atom. The molecule has 1 aliphatic heterocycles. The van der Waals surface area contributed by atoms with Gasteiger partial charge in [-0.1, -0.05) is 12.1 Å². The summed E-state index contributed by atoms with van der Waals surface area (Å²) >= 11 is 0. The molecule has 1 unspecified atom stereocenters. The molecule has 1 fully saturated rings. The molecule has 16 heavy (non-hydrogen) atoms. The fourth-order valence-electron chi connectivity index (χ4n) is 2.20. The molecule has 2 rings (SSSR count). The molecule has 0 spiro atoms. The third-order valence-corrected chi connectivity index (χ3v) is 3.10. The number of carbonyl (C=O) groups is 1. The van der Waals surface area contributed by atoms with Gasteiger partial charge in [-0.3, -0.25) is 4.79 Å². The van der Waals surface area contributed by atoms with Crippen LogP contribution in [0, 0.1) is 11.7 Å². The van der Waals surface area contributed by atoms with Crippen LogP contribution >= 0.6 is 0 Å². The maximum atomic E-state index is 13.0. The van der Waals surface area contributed by atoms with Gasteiger partial charge in [0, 0.05) is 25.4 Å². The number of ketones is 1. The second kappa shape index (κ2) is 4.74. The Morgan fingerprint density at radius 3 is 3.06 bits per heavy atom. The van der Waals surface area contributed by atoms with E-state index < -0.39 is 0 Å². The van der Waals surface area contributed by atoms with E-state index in [0.717, 1.165) is 18.7 Å². The number of benzene rings is 1. The van der Waals surface area contributed by atoms with Crippen molar-refractivity contribution in [3.63, 3.8) is 0 Å². The van der Waals surface area contributed by atoms with E-state index in [1.165, 1.54) is 12.1 Å². The molecule has 1 heterocycles. The largest absolute Gasteiger partial charge is 0.305 e. The first-order valence-corrected chi connectivity index (χ1v) is 5.61. The van der Waals surface area contributed by atoms with Crippen LogP contribution in [0.1, 0.15) is 12.0 Å². The molecule has 1 atom stereocenters. The number of Topliss-reactive ketones (excluding diaryl/α,β-unsaturated/α-hetero) is 1. The molecule has 1 aliphatic rings. The quantitative estimate of drug-likeness (QED) is 0.760. The van der Waals surface area contributed by atoms with Crippen LogP contribution in [0.15, 0.2) is 24.3 Å². The van der Waals surface area contributed by atoms with Crippen molar-refractivity contribution in [2.45, 2.75) is 12.8 Å². The Bertz CT molecular complexity index is 391. The van der Waals surface area contributed by atoms with Crippen LogP contribution in [0.25, 0.3) is 0 Å². The maximum absolute atomic E-state index is 13.0. The summed E-state index contributed by atoms with van der Waals surface area (Å²) in [7, 11) is 2.02. The average Bonchev–Trinajstić information content (AvgIpc) is 2.24. The number of carbonyl (C=O) groups excluding carboxylic acids is 1. The van der Waals surface area contributed by atoms with Gasteiger partial charge < -0.3 is 4.90 Å². The maximum Gasteiger partial charge on any atom is 0.138 e. The lowest BCUT2D eigenvalue weighted by Crippen LogP contribution is -2.39. The van der Waals surface area contributed by atoms with E-state index >= 15 is 0 Å². The topological polar surface area (TPSA) is 20.3 Å². The number of hydrogen-bond acceptors (Lipinski definition) is 2. The fraction of sp³-hybridized carbons (Fsp3) is 0.462. The van der Waals surface area contributed by atoms with E-state index in [0.29, 0.717) is 18.6 Å². The van der Waals surface area contributed by atoms with Gasteiger partial charge in [-0.15, -0.1) is 0 Å². The molecule has 2 nitrogen and oxygen atoms in total. The molecule has 0 N–H and O–H groups in total. The number of nitrogens with zero attached hydrogens (tertiary/aromatic N) is 1. The summed E-state index contributed by atoms with van der Waals surface area (Å²) < 4.78 is 13.0. The highest BCUT2D eigenvalue weighted by Gasteiger charge is 2.25. The van der Waals surface area contributed by atoms with Gasteiger partial charge in [0.05, 0.1) is 0 Å². The van der Waals surface area contributed by atoms with Crippen LogP contribution in [0.3, 0.4) is 0 Å². The third kappa shape index (κ3) is 2.67. The van der Waals surface area contributed by atoms with Gasteiger partial charge >= 0.3 is 0 Å². The summed E-state index contributed by atoms with van der Waals surface area (Å²) in [6.07, 6.45) is 1.28. The molecule has 1 aromatic carbocycles. The summed E-state index contributed by atoms with van der Waals surface area (Å²) in [5.74, 6) is 0.108. The van der Waals surface area contributed by atoms with Crippen molar-refractivity contribution in [2.24, 2.45) is 5.92 Å². The highest BCUT2D eigenvalue weighted by atomic mass is 19.1. The van der Waals surface area contributed by atoms with Crippen molar-refractivity contribution < 1.29 is 9.18 Å². The average molecular weight is 221 g/mol. The first-order valence-electron chi connectivity index (χ1n) is 5.61. The summed E-state index contributed by atoms with van der Waals surface area (Å²) in [6.45, 7) is 1.63. The molecule has 1 saturated heterocycles. The highest BCUT2D eigenvalue weighted by Crippen LogP contribution is 2.17. The third-order valence-electron chi connectivity index (χ3n) is 3.10. The van der Waals surface area contributed by atoms with Crippen LogP contribution in [-0.2, 0) is 11.2 Å². The lowest BCUT2D eigenvalue weighted by atomic mass is 9.90. The van der Waals surface area contributed by atoms with Crippen molar-refractivity contribution >= 4 is 5.78 Å². The minimum absolute atomic E-state index is 0.0283. The minimum Gasteiger partial charge on any atom is -0.305 e. The standard InChI is InChI=1S/C13H16FNO/c1-15-6-5-13(16)11(9-15)7-10-3-2-4-12(14)8-10/h2-4,8,11H,5-7,9H2,1H3. The minimum atomic E-state index is -0.228. The van der Waals surface area contributed by atoms with Crippen molar-refractivity contribution in [3.05, 3.63) is 35.6 Å². The number of hydrogen-bond donors (Lipinski definition) is 0. The first-order chi connectivity index (χ1) is 7.65. The lowest BCUT2D eigenvalue weighted by Gasteiger charge is -2.28. The van der Waals surface area contributed by atoms with E-state index in [4.69, 9.17) is 0 Å². The number of halogens is 1. The lowest BCUT2D eigenvalue weighted by molar-refractivity contribution is -0.125. The second-order valence-electron chi connectivity index (χ2n) is 4.51. The van der Waals surface area contributed by atoms with Crippen LogP contribution in [0.2, 0.25) is 0 Å². The zero-order chi connectivity index (χ0) is 11.5. The van der Waals surface area contributed by atoms with Crippen LogP contribution < -0.4 is 0 Å². The van der Waals surface area contributed by atoms with Gasteiger partial charge in [0.15, 0.2) is 0 Å². The smallest absolute Gasteiger partial charge is 0.138 e. The normalized spacial score (nSPS) is 22.4. The molecular weight excluding hydrogens is 205 g/mol. The SMILES string of the molecule is CN1CCC(=O)C(Cc2cccc(F)c2)C1. The molecule has 3 heteroatoms. The van der Waals surface area contributed by atoms with E-state index in [2.05, 4.69) is 4.90 Å². The summed E-state index contributed by atoms with van der Waals surface area (Å²) in [5.41, 5.74) is 0.911. The predicted molar refractivity (Wildman–Crippen MR) is 60.7 cm³/mol. The Morgan fingerprint density at radius 1 is 1.50 bits per heavy atom. The van der Waals surface area contributed by atoms with E-state index in [9.17, 15) is 9.18 Å². The molecule has 86 valence electrons. The monoisotopic (exact) mass is 221 g/mol. The van der Waals surface area contributed by atoms with E-state index in [1.807, 2.05) is 13.1 Å². The molecule has 0 saturated carbocycles. The van der Waals surface area contributed by atoms with Gasteiger partial charge in [0.1, 0.15) is 11.6 Å². The van der Waals surface area contributed by atoms with Crippen molar-refractivity contribution in [1.29, 1.82) is 0 Å². The Balaban J connectivity index is 2.05. The Labute approximate surface area is 95.1 Å². The number of rotatable bonds is 2.